The van der Waals surface area contributed by atoms with Crippen LogP contribution in [0.4, 0.5) is 13.2 Å². The van der Waals surface area contributed by atoms with Gasteiger partial charge in [0, 0.05) is 12.1 Å². The molecule has 18 heavy (non-hydrogen) atoms. The van der Waals surface area contributed by atoms with E-state index in [4.69, 9.17) is 10.00 Å². The normalized spacial score (nSPS) is 11.4. The Morgan fingerprint density at radius 3 is 2.56 bits per heavy atom. The summed E-state index contributed by atoms with van der Waals surface area (Å²) < 4.78 is 41.7. The van der Waals surface area contributed by atoms with E-state index in [0.29, 0.717) is 16.9 Å². The lowest BCUT2D eigenvalue weighted by Crippen LogP contribution is -2.30. The van der Waals surface area contributed by atoms with Gasteiger partial charge in [0.15, 0.2) is 0 Å². The number of benzene rings is 1. The summed E-state index contributed by atoms with van der Waals surface area (Å²) in [6.07, 6.45) is -4.24. The van der Waals surface area contributed by atoms with Crippen molar-refractivity contribution >= 4 is 0 Å². The minimum absolute atomic E-state index is 0.0677. The monoisotopic (exact) mass is 258 g/mol. The minimum atomic E-state index is -4.24. The van der Waals surface area contributed by atoms with Crippen LogP contribution in [0, 0.1) is 11.3 Å². The average molecular weight is 258 g/mol. The van der Waals surface area contributed by atoms with E-state index >= 15 is 0 Å². The smallest absolute Gasteiger partial charge is 0.401 e. The van der Waals surface area contributed by atoms with Crippen molar-refractivity contribution in [1.29, 1.82) is 5.26 Å². The molecule has 1 aromatic rings. The predicted molar refractivity (Wildman–Crippen MR) is 60.1 cm³/mol. The molecule has 0 fully saturated rings. The highest BCUT2D eigenvalue weighted by atomic mass is 19.4. The highest BCUT2D eigenvalue weighted by Crippen LogP contribution is 2.23. The first-order valence-electron chi connectivity index (χ1n) is 5.18. The van der Waals surface area contributed by atoms with Gasteiger partial charge in [0.25, 0.3) is 0 Å². The topological polar surface area (TPSA) is 36.3 Å². The van der Waals surface area contributed by atoms with Gasteiger partial charge in [-0.1, -0.05) is 0 Å². The van der Waals surface area contributed by atoms with Crippen LogP contribution in [-0.4, -0.2) is 31.8 Å². The fourth-order valence-corrected chi connectivity index (χ4v) is 1.62. The van der Waals surface area contributed by atoms with Crippen molar-refractivity contribution in [2.45, 2.75) is 12.7 Å². The van der Waals surface area contributed by atoms with Crippen molar-refractivity contribution in [1.82, 2.24) is 4.90 Å². The van der Waals surface area contributed by atoms with Gasteiger partial charge < -0.3 is 4.74 Å². The Labute approximate surface area is 103 Å². The van der Waals surface area contributed by atoms with Gasteiger partial charge in [-0.15, -0.1) is 0 Å². The molecular formula is C12H13F3N2O. The lowest BCUT2D eigenvalue weighted by molar-refractivity contribution is -0.144. The maximum atomic E-state index is 12.2. The largest absolute Gasteiger partial charge is 0.496 e. The Morgan fingerprint density at radius 2 is 2.06 bits per heavy atom. The van der Waals surface area contributed by atoms with E-state index in [1.54, 1.807) is 12.1 Å². The van der Waals surface area contributed by atoms with E-state index in [1.165, 1.54) is 20.2 Å². The molecular weight excluding hydrogens is 245 g/mol. The molecule has 0 unspecified atom stereocenters. The van der Waals surface area contributed by atoms with Crippen LogP contribution < -0.4 is 4.74 Å². The number of methoxy groups -OCH3 is 1. The number of nitrogens with zero attached hydrogens (tertiary/aromatic N) is 2. The molecule has 0 N–H and O–H groups in total. The van der Waals surface area contributed by atoms with Crippen LogP contribution in [0.5, 0.6) is 5.75 Å². The summed E-state index contributed by atoms with van der Waals surface area (Å²) in [6, 6.07) is 6.62. The van der Waals surface area contributed by atoms with E-state index < -0.39 is 12.7 Å². The molecule has 3 nitrogen and oxygen atoms in total. The fraction of sp³-hybridized carbons (Fsp3) is 0.417. The lowest BCUT2D eigenvalue weighted by atomic mass is 10.1. The van der Waals surface area contributed by atoms with Crippen LogP contribution in [0.3, 0.4) is 0 Å². The number of hydrogen-bond donors (Lipinski definition) is 0. The highest BCUT2D eigenvalue weighted by Gasteiger charge is 2.29. The maximum absolute atomic E-state index is 12.2. The summed E-state index contributed by atoms with van der Waals surface area (Å²) in [4.78, 5) is 1.12. The zero-order valence-corrected chi connectivity index (χ0v) is 10.1. The van der Waals surface area contributed by atoms with E-state index in [1.807, 2.05) is 6.07 Å². The standard InChI is InChI=1S/C12H13F3N2O/c1-17(8-12(13,14)15)7-10-5-9(6-16)3-4-11(10)18-2/h3-5H,7-8H2,1-2H3. The summed E-state index contributed by atoms with van der Waals surface area (Å²) in [7, 11) is 2.81. The Balaban J connectivity index is 2.85. The molecule has 0 aliphatic carbocycles. The van der Waals surface area contributed by atoms with Crippen molar-refractivity contribution in [3.8, 4) is 11.8 Å². The van der Waals surface area contributed by atoms with Gasteiger partial charge in [-0.2, -0.15) is 18.4 Å². The van der Waals surface area contributed by atoms with Gasteiger partial charge >= 0.3 is 6.18 Å². The van der Waals surface area contributed by atoms with E-state index in [2.05, 4.69) is 0 Å². The third-order valence-corrected chi connectivity index (χ3v) is 2.30. The van der Waals surface area contributed by atoms with Gasteiger partial charge in [-0.3, -0.25) is 4.90 Å². The maximum Gasteiger partial charge on any atom is 0.401 e. The molecule has 1 rings (SSSR count). The molecule has 0 aliphatic heterocycles. The molecule has 1 aromatic carbocycles. The van der Waals surface area contributed by atoms with Crippen molar-refractivity contribution in [3.05, 3.63) is 29.3 Å². The van der Waals surface area contributed by atoms with Crippen LogP contribution >= 0.6 is 0 Å². The number of halogens is 3. The summed E-state index contributed by atoms with van der Waals surface area (Å²) >= 11 is 0. The Bertz CT molecular complexity index is 452. The molecule has 0 radical (unpaired) electrons. The van der Waals surface area contributed by atoms with Gasteiger partial charge in [0.05, 0.1) is 25.3 Å². The molecule has 0 saturated heterocycles. The Hall–Kier alpha value is -1.74. The number of alkyl halides is 3. The quantitative estimate of drug-likeness (QED) is 0.832. The molecule has 0 atom stereocenters. The molecule has 0 heterocycles. The molecule has 0 bridgehead atoms. The first kappa shape index (κ1) is 14.3. The zero-order valence-electron chi connectivity index (χ0n) is 10.1. The average Bonchev–Trinajstić information content (AvgIpc) is 2.26. The van der Waals surface area contributed by atoms with E-state index in [0.717, 1.165) is 4.90 Å². The molecule has 0 spiro atoms. The van der Waals surface area contributed by atoms with Crippen LogP contribution in [0.15, 0.2) is 18.2 Å². The van der Waals surface area contributed by atoms with Gasteiger partial charge in [0.1, 0.15) is 5.75 Å². The summed E-state index contributed by atoms with van der Waals surface area (Å²) in [5, 5.41) is 8.76. The molecule has 6 heteroatoms. The van der Waals surface area contributed by atoms with Gasteiger partial charge in [0.2, 0.25) is 0 Å². The second kappa shape index (κ2) is 5.74. The van der Waals surface area contributed by atoms with Gasteiger partial charge in [-0.25, -0.2) is 0 Å². The third-order valence-electron chi connectivity index (χ3n) is 2.30. The highest BCUT2D eigenvalue weighted by molar-refractivity contribution is 5.41. The van der Waals surface area contributed by atoms with Crippen LogP contribution in [0.2, 0.25) is 0 Å². The second-order valence-electron chi connectivity index (χ2n) is 3.93. The zero-order chi connectivity index (χ0) is 13.8. The van der Waals surface area contributed by atoms with Crippen molar-refractivity contribution in [2.24, 2.45) is 0 Å². The molecule has 0 amide bonds. The number of hydrogen-bond acceptors (Lipinski definition) is 3. The molecule has 0 aliphatic rings. The Kier molecular flexibility index (Phi) is 4.56. The third kappa shape index (κ3) is 4.26. The summed E-state index contributed by atoms with van der Waals surface area (Å²) in [5.41, 5.74) is 0.953. The first-order valence-corrected chi connectivity index (χ1v) is 5.18. The molecule has 0 aromatic heterocycles. The summed E-state index contributed by atoms with van der Waals surface area (Å²) in [6.45, 7) is -0.939. The minimum Gasteiger partial charge on any atom is -0.496 e. The second-order valence-corrected chi connectivity index (χ2v) is 3.93. The predicted octanol–water partition coefficient (Wildman–Crippen LogP) is 2.56. The van der Waals surface area contributed by atoms with E-state index in [9.17, 15) is 13.2 Å². The number of ether oxygens (including phenoxy) is 1. The first-order chi connectivity index (χ1) is 8.35. The lowest BCUT2D eigenvalue weighted by Gasteiger charge is -2.19. The van der Waals surface area contributed by atoms with Gasteiger partial charge in [-0.05, 0) is 25.2 Å². The summed E-state index contributed by atoms with van der Waals surface area (Å²) in [5.74, 6) is 0.475. The van der Waals surface area contributed by atoms with Crippen LogP contribution in [-0.2, 0) is 6.54 Å². The Morgan fingerprint density at radius 1 is 1.39 bits per heavy atom. The molecule has 98 valence electrons. The SMILES string of the molecule is COc1ccc(C#N)cc1CN(C)CC(F)(F)F. The van der Waals surface area contributed by atoms with E-state index in [-0.39, 0.29) is 6.54 Å². The number of nitriles is 1. The van der Waals surface area contributed by atoms with Crippen LogP contribution in [0.25, 0.3) is 0 Å². The van der Waals surface area contributed by atoms with Crippen molar-refractivity contribution in [2.75, 3.05) is 20.7 Å². The van der Waals surface area contributed by atoms with Crippen molar-refractivity contribution < 1.29 is 17.9 Å². The van der Waals surface area contributed by atoms with Crippen molar-refractivity contribution in [3.63, 3.8) is 0 Å². The van der Waals surface area contributed by atoms with Crippen LogP contribution in [0.1, 0.15) is 11.1 Å². The fourth-order valence-electron chi connectivity index (χ4n) is 1.62. The molecule has 0 saturated carbocycles. The number of rotatable bonds is 4.